The lowest BCUT2D eigenvalue weighted by Gasteiger charge is -2.17. The number of methoxy groups -OCH3 is 1. The van der Waals surface area contributed by atoms with Crippen LogP contribution in [0, 0.1) is 5.82 Å². The number of nitrogens with zero attached hydrogens (tertiary/aromatic N) is 3. The number of ether oxygens (including phenoxy) is 1. The second kappa shape index (κ2) is 7.50. The number of aliphatic hydroxyl groups excluding tert-OH is 1. The first-order valence-corrected chi connectivity index (χ1v) is 9.45. The van der Waals surface area contributed by atoms with E-state index in [1.165, 1.54) is 13.2 Å². The lowest BCUT2D eigenvalue weighted by Crippen LogP contribution is -2.02. The van der Waals surface area contributed by atoms with Crippen LogP contribution in [0.1, 0.15) is 29.7 Å². The molecule has 0 radical (unpaired) electrons. The van der Waals surface area contributed by atoms with Crippen LogP contribution in [0.2, 0.25) is 5.02 Å². The van der Waals surface area contributed by atoms with E-state index < -0.39 is 5.82 Å². The molecule has 8 heteroatoms. The van der Waals surface area contributed by atoms with Crippen LogP contribution in [-0.2, 0) is 13.7 Å². The second-order valence-electron chi connectivity index (χ2n) is 6.88. The van der Waals surface area contributed by atoms with Crippen molar-refractivity contribution in [2.45, 2.75) is 19.4 Å². The van der Waals surface area contributed by atoms with Crippen molar-refractivity contribution in [1.82, 2.24) is 19.7 Å². The fourth-order valence-corrected chi connectivity index (χ4v) is 4.03. The Morgan fingerprint density at radius 3 is 2.90 bits per heavy atom. The van der Waals surface area contributed by atoms with Gasteiger partial charge in [-0.15, -0.1) is 0 Å². The lowest BCUT2D eigenvalue weighted by atomic mass is 9.91. The number of aromatic nitrogens is 4. The Morgan fingerprint density at radius 2 is 2.17 bits per heavy atom. The number of pyridine rings is 1. The fourth-order valence-electron chi connectivity index (χ4n) is 3.71. The van der Waals surface area contributed by atoms with Gasteiger partial charge < -0.3 is 14.8 Å². The van der Waals surface area contributed by atoms with Gasteiger partial charge in [0.2, 0.25) is 0 Å². The maximum Gasteiger partial charge on any atom is 0.142 e. The van der Waals surface area contributed by atoms with Crippen molar-refractivity contribution < 1.29 is 14.2 Å². The minimum absolute atomic E-state index is 0.0464. The topological polar surface area (TPSA) is 76.0 Å². The summed E-state index contributed by atoms with van der Waals surface area (Å²) in [4.78, 5) is 7.67. The summed E-state index contributed by atoms with van der Waals surface area (Å²) in [5, 5.41) is 14.8. The first-order valence-electron chi connectivity index (χ1n) is 9.07. The molecule has 0 saturated carbocycles. The van der Waals surface area contributed by atoms with Gasteiger partial charge in [0.1, 0.15) is 17.2 Å². The van der Waals surface area contributed by atoms with Crippen LogP contribution in [-0.4, -0.2) is 32.0 Å². The zero-order valence-electron chi connectivity index (χ0n) is 16.2. The average Bonchev–Trinajstić information content (AvgIpc) is 3.31. The van der Waals surface area contributed by atoms with E-state index in [2.05, 4.69) is 15.1 Å². The van der Waals surface area contributed by atoms with E-state index in [1.807, 2.05) is 25.4 Å². The summed E-state index contributed by atoms with van der Waals surface area (Å²) < 4.78 is 21.2. The molecule has 6 nitrogen and oxygen atoms in total. The highest BCUT2D eigenvalue weighted by atomic mass is 35.5. The Bertz CT molecular complexity index is 1200. The number of nitrogens with one attached hydrogen (secondary N) is 1. The Balaban J connectivity index is 1.87. The highest BCUT2D eigenvalue weighted by Crippen LogP contribution is 2.41. The molecule has 3 heterocycles. The molecule has 1 aromatic carbocycles. The van der Waals surface area contributed by atoms with Gasteiger partial charge in [-0.3, -0.25) is 4.68 Å². The molecule has 0 spiro atoms. The predicted molar refractivity (Wildman–Crippen MR) is 110 cm³/mol. The largest absolute Gasteiger partial charge is 0.496 e. The Morgan fingerprint density at radius 1 is 1.38 bits per heavy atom. The van der Waals surface area contributed by atoms with Crippen LogP contribution >= 0.6 is 11.6 Å². The summed E-state index contributed by atoms with van der Waals surface area (Å²) in [6, 6.07) is 4.86. The van der Waals surface area contributed by atoms with E-state index in [-0.39, 0.29) is 17.5 Å². The summed E-state index contributed by atoms with van der Waals surface area (Å²) in [6.45, 7) is 1.78. The van der Waals surface area contributed by atoms with E-state index >= 15 is 0 Å². The van der Waals surface area contributed by atoms with Crippen molar-refractivity contribution in [3.05, 3.63) is 64.5 Å². The highest BCUT2D eigenvalue weighted by molar-refractivity contribution is 6.31. The summed E-state index contributed by atoms with van der Waals surface area (Å²) in [5.74, 6) is -0.210. The molecule has 0 aliphatic heterocycles. The van der Waals surface area contributed by atoms with Gasteiger partial charge in [-0.05, 0) is 23.8 Å². The fraction of sp³-hybridized carbons (Fsp3) is 0.238. The molecule has 0 saturated heterocycles. The maximum atomic E-state index is 14.1. The molecular formula is C21H20ClFN4O2. The standard InChI is InChI=1S/C21H20ClFN4O2/c1-11(19-18(29-3)5-4-16(23)20(19)22)14-8-25-21-13(14)6-12(7-24-21)15-9-27(2)26-17(15)10-28/h4-9,11,28H,10H2,1-3H3,(H,24,25). The molecule has 0 bridgehead atoms. The average molecular weight is 415 g/mol. The number of fused-ring (bicyclic) bond motifs is 1. The molecule has 2 N–H and O–H groups in total. The van der Waals surface area contributed by atoms with Crippen molar-refractivity contribution >= 4 is 22.6 Å². The minimum atomic E-state index is -0.490. The number of halogens is 2. The molecule has 29 heavy (non-hydrogen) atoms. The normalized spacial score (nSPS) is 12.5. The third-order valence-electron chi connectivity index (χ3n) is 5.14. The van der Waals surface area contributed by atoms with Crippen LogP contribution in [0.3, 0.4) is 0 Å². The number of aromatic amines is 1. The van der Waals surface area contributed by atoms with Gasteiger partial charge in [-0.2, -0.15) is 5.10 Å². The predicted octanol–water partition coefficient (Wildman–Crippen LogP) is 4.41. The molecule has 3 aromatic heterocycles. The first-order chi connectivity index (χ1) is 13.9. The van der Waals surface area contributed by atoms with Gasteiger partial charge in [0.15, 0.2) is 0 Å². The van der Waals surface area contributed by atoms with Gasteiger partial charge >= 0.3 is 0 Å². The Kier molecular flexibility index (Phi) is 5.02. The van der Waals surface area contributed by atoms with Crippen molar-refractivity contribution in [1.29, 1.82) is 0 Å². The molecular weight excluding hydrogens is 395 g/mol. The summed E-state index contributed by atoms with van der Waals surface area (Å²) in [6.07, 6.45) is 5.43. The van der Waals surface area contributed by atoms with Gasteiger partial charge in [-0.1, -0.05) is 18.5 Å². The number of rotatable bonds is 5. The van der Waals surface area contributed by atoms with E-state index in [0.717, 1.165) is 22.1 Å². The zero-order valence-corrected chi connectivity index (χ0v) is 17.0. The summed E-state index contributed by atoms with van der Waals surface area (Å²) >= 11 is 6.29. The van der Waals surface area contributed by atoms with Crippen molar-refractivity contribution in [2.75, 3.05) is 7.11 Å². The Labute approximate surface area is 171 Å². The molecule has 0 amide bonds. The lowest BCUT2D eigenvalue weighted by molar-refractivity contribution is 0.276. The molecule has 0 aliphatic rings. The van der Waals surface area contributed by atoms with Crippen LogP contribution in [0.25, 0.3) is 22.2 Å². The van der Waals surface area contributed by atoms with E-state index in [4.69, 9.17) is 16.3 Å². The summed E-state index contributed by atoms with van der Waals surface area (Å²) in [7, 11) is 3.34. The van der Waals surface area contributed by atoms with E-state index in [0.29, 0.717) is 22.7 Å². The molecule has 1 unspecified atom stereocenters. The number of aryl methyl sites for hydroxylation is 1. The van der Waals surface area contributed by atoms with Crippen LogP contribution in [0.4, 0.5) is 4.39 Å². The minimum Gasteiger partial charge on any atom is -0.496 e. The van der Waals surface area contributed by atoms with Gasteiger partial charge in [0.05, 0.1) is 24.4 Å². The van der Waals surface area contributed by atoms with E-state index in [1.54, 1.807) is 24.0 Å². The van der Waals surface area contributed by atoms with Gasteiger partial charge in [0, 0.05) is 53.6 Å². The van der Waals surface area contributed by atoms with Crippen molar-refractivity contribution in [2.24, 2.45) is 7.05 Å². The van der Waals surface area contributed by atoms with Gasteiger partial charge in [0.25, 0.3) is 0 Å². The third kappa shape index (κ3) is 3.26. The van der Waals surface area contributed by atoms with Crippen molar-refractivity contribution in [3.63, 3.8) is 0 Å². The van der Waals surface area contributed by atoms with Gasteiger partial charge in [-0.25, -0.2) is 9.37 Å². The molecule has 1 atom stereocenters. The number of hydrogen-bond acceptors (Lipinski definition) is 4. The smallest absolute Gasteiger partial charge is 0.142 e. The highest BCUT2D eigenvalue weighted by Gasteiger charge is 2.23. The summed E-state index contributed by atoms with van der Waals surface area (Å²) in [5.41, 5.74) is 4.42. The first kappa shape index (κ1) is 19.4. The maximum absolute atomic E-state index is 14.1. The van der Waals surface area contributed by atoms with Crippen molar-refractivity contribution in [3.8, 4) is 16.9 Å². The molecule has 150 valence electrons. The molecule has 0 aliphatic carbocycles. The molecule has 4 aromatic rings. The monoisotopic (exact) mass is 414 g/mol. The zero-order chi connectivity index (χ0) is 20.7. The van der Waals surface area contributed by atoms with Crippen LogP contribution < -0.4 is 4.74 Å². The molecule has 4 rings (SSSR count). The second-order valence-corrected chi connectivity index (χ2v) is 7.26. The van der Waals surface area contributed by atoms with Crippen LogP contribution in [0.15, 0.2) is 36.8 Å². The number of hydrogen-bond donors (Lipinski definition) is 2. The number of benzene rings is 1. The SMILES string of the molecule is COc1ccc(F)c(Cl)c1C(C)c1c[nH]c2ncc(-c3cn(C)nc3CO)cc12. The molecule has 0 fully saturated rings. The van der Waals surface area contributed by atoms with Crippen LogP contribution in [0.5, 0.6) is 5.75 Å². The van der Waals surface area contributed by atoms with E-state index in [9.17, 15) is 9.50 Å². The quantitative estimate of drug-likeness (QED) is 0.507. The number of aliphatic hydroxyl groups is 1. The number of H-pyrrole nitrogens is 1. The third-order valence-corrected chi connectivity index (χ3v) is 5.53. The Hall–Kier alpha value is -2.90.